The van der Waals surface area contributed by atoms with Crippen LogP contribution in [0.3, 0.4) is 0 Å². The number of rotatable bonds is 4. The number of nitrogens with zero attached hydrogens (tertiary/aromatic N) is 3. The largest absolute Gasteiger partial charge is 0.417 e. The summed E-state index contributed by atoms with van der Waals surface area (Å²) >= 11 is 0. The minimum Gasteiger partial charge on any atom is -0.322 e. The average Bonchev–Trinajstić information content (AvgIpc) is 2.86. The fraction of sp³-hybridized carbons (Fsp3) is 0.429. The van der Waals surface area contributed by atoms with E-state index < -0.39 is 17.8 Å². The Hall–Kier alpha value is -1.89. The summed E-state index contributed by atoms with van der Waals surface area (Å²) in [7, 11) is 0. The van der Waals surface area contributed by atoms with Crippen LogP contribution in [0, 0.1) is 0 Å². The fourth-order valence-corrected chi connectivity index (χ4v) is 1.90. The highest BCUT2D eigenvalue weighted by Gasteiger charge is 2.30. The lowest BCUT2D eigenvalue weighted by Crippen LogP contribution is -2.16. The maximum absolute atomic E-state index is 12.5. The fourth-order valence-electron chi connectivity index (χ4n) is 1.90. The Morgan fingerprint density at radius 2 is 1.95 bits per heavy atom. The summed E-state index contributed by atoms with van der Waals surface area (Å²) in [4.78, 5) is 3.80. The molecule has 114 valence electrons. The van der Waals surface area contributed by atoms with Crippen molar-refractivity contribution in [3.05, 3.63) is 47.5 Å². The molecule has 7 heteroatoms. The van der Waals surface area contributed by atoms with Gasteiger partial charge in [-0.1, -0.05) is 0 Å². The molecule has 0 aliphatic carbocycles. The van der Waals surface area contributed by atoms with E-state index in [4.69, 9.17) is 5.73 Å². The van der Waals surface area contributed by atoms with Crippen molar-refractivity contribution in [1.29, 1.82) is 0 Å². The minimum absolute atomic E-state index is 0.249. The van der Waals surface area contributed by atoms with Gasteiger partial charge in [0.1, 0.15) is 0 Å². The van der Waals surface area contributed by atoms with Crippen LogP contribution in [-0.2, 0) is 12.6 Å². The predicted molar refractivity (Wildman–Crippen MR) is 72.5 cm³/mol. The van der Waals surface area contributed by atoms with Gasteiger partial charge < -0.3 is 5.73 Å². The number of hydrogen-bond donors (Lipinski definition) is 1. The van der Waals surface area contributed by atoms with E-state index in [2.05, 4.69) is 10.1 Å². The van der Waals surface area contributed by atoms with E-state index in [1.165, 1.54) is 6.07 Å². The van der Waals surface area contributed by atoms with Gasteiger partial charge in [0.25, 0.3) is 0 Å². The lowest BCUT2D eigenvalue weighted by molar-refractivity contribution is -0.137. The van der Waals surface area contributed by atoms with Crippen LogP contribution >= 0.6 is 0 Å². The molecular formula is C14H17F3N4. The van der Waals surface area contributed by atoms with Crippen LogP contribution in [0.4, 0.5) is 13.2 Å². The first-order valence-electron chi connectivity index (χ1n) is 6.60. The lowest BCUT2D eigenvalue weighted by atomic mass is 10.1. The first-order chi connectivity index (χ1) is 9.77. The molecular weight excluding hydrogens is 281 g/mol. The second kappa shape index (κ2) is 5.85. The zero-order valence-electron chi connectivity index (χ0n) is 11.8. The summed E-state index contributed by atoms with van der Waals surface area (Å²) in [6.45, 7) is 4.02. The SMILES string of the molecule is CC(C)n1ccc(CC(N)c2ccc(C(F)(F)F)cn2)n1. The monoisotopic (exact) mass is 298 g/mol. The van der Waals surface area contributed by atoms with Crippen LogP contribution in [0.2, 0.25) is 0 Å². The quantitative estimate of drug-likeness (QED) is 0.943. The molecule has 2 heterocycles. The molecule has 0 bridgehead atoms. The molecule has 0 saturated carbocycles. The topological polar surface area (TPSA) is 56.7 Å². The standard InChI is InChI=1S/C14H17F3N4/c1-9(2)21-6-5-11(20-21)7-12(18)13-4-3-10(8-19-13)14(15,16)17/h3-6,8-9,12H,7,18H2,1-2H3. The van der Waals surface area contributed by atoms with Gasteiger partial charge in [0.05, 0.1) is 23.0 Å². The van der Waals surface area contributed by atoms with Gasteiger partial charge in [0.2, 0.25) is 0 Å². The number of aromatic nitrogens is 3. The van der Waals surface area contributed by atoms with Crippen LogP contribution in [0.1, 0.15) is 42.9 Å². The van der Waals surface area contributed by atoms with Gasteiger partial charge in [-0.25, -0.2) is 0 Å². The number of alkyl halides is 3. The molecule has 0 amide bonds. The third kappa shape index (κ3) is 3.81. The molecule has 0 spiro atoms. The second-order valence-corrected chi connectivity index (χ2v) is 5.16. The van der Waals surface area contributed by atoms with Crippen LogP contribution in [-0.4, -0.2) is 14.8 Å². The number of nitrogens with two attached hydrogens (primary N) is 1. The van der Waals surface area contributed by atoms with Crippen molar-refractivity contribution >= 4 is 0 Å². The van der Waals surface area contributed by atoms with Crippen molar-refractivity contribution in [2.24, 2.45) is 5.73 Å². The molecule has 21 heavy (non-hydrogen) atoms. The van der Waals surface area contributed by atoms with Gasteiger partial charge in [-0.2, -0.15) is 18.3 Å². The Kier molecular flexibility index (Phi) is 4.32. The molecule has 2 aromatic rings. The van der Waals surface area contributed by atoms with Crippen molar-refractivity contribution in [2.45, 2.75) is 38.5 Å². The molecule has 0 radical (unpaired) electrons. The third-order valence-corrected chi connectivity index (χ3v) is 3.12. The zero-order chi connectivity index (χ0) is 15.6. The molecule has 0 saturated heterocycles. The highest BCUT2D eigenvalue weighted by molar-refractivity contribution is 5.20. The first-order valence-corrected chi connectivity index (χ1v) is 6.60. The first kappa shape index (κ1) is 15.5. The Morgan fingerprint density at radius 1 is 1.24 bits per heavy atom. The number of halogens is 3. The van der Waals surface area contributed by atoms with Crippen molar-refractivity contribution in [3.8, 4) is 0 Å². The van der Waals surface area contributed by atoms with Crippen molar-refractivity contribution in [3.63, 3.8) is 0 Å². The summed E-state index contributed by atoms with van der Waals surface area (Å²) in [5.41, 5.74) is 6.41. The van der Waals surface area contributed by atoms with Gasteiger partial charge in [-0.15, -0.1) is 0 Å². The zero-order valence-corrected chi connectivity index (χ0v) is 11.8. The highest BCUT2D eigenvalue weighted by atomic mass is 19.4. The van der Waals surface area contributed by atoms with E-state index in [0.29, 0.717) is 12.1 Å². The summed E-state index contributed by atoms with van der Waals surface area (Å²) in [6.07, 6.45) is -1.29. The Morgan fingerprint density at radius 3 is 2.43 bits per heavy atom. The molecule has 2 aromatic heterocycles. The van der Waals surface area contributed by atoms with Crippen LogP contribution in [0.15, 0.2) is 30.6 Å². The van der Waals surface area contributed by atoms with E-state index >= 15 is 0 Å². The Bertz CT molecular complexity index is 587. The average molecular weight is 298 g/mol. The van der Waals surface area contributed by atoms with Crippen molar-refractivity contribution < 1.29 is 13.2 Å². The van der Waals surface area contributed by atoms with Crippen molar-refractivity contribution in [2.75, 3.05) is 0 Å². The molecule has 1 atom stereocenters. The molecule has 0 aromatic carbocycles. The lowest BCUT2D eigenvalue weighted by Gasteiger charge is -2.11. The smallest absolute Gasteiger partial charge is 0.322 e. The van der Waals surface area contributed by atoms with E-state index in [1.807, 2.05) is 30.8 Å². The van der Waals surface area contributed by atoms with Crippen LogP contribution < -0.4 is 5.73 Å². The molecule has 0 aliphatic rings. The van der Waals surface area contributed by atoms with Gasteiger partial charge in [-0.3, -0.25) is 9.67 Å². The summed E-state index contributed by atoms with van der Waals surface area (Å²) in [5.74, 6) is 0. The molecule has 4 nitrogen and oxygen atoms in total. The number of pyridine rings is 1. The van der Waals surface area contributed by atoms with Gasteiger partial charge >= 0.3 is 6.18 Å². The van der Waals surface area contributed by atoms with Gasteiger partial charge in [0.15, 0.2) is 0 Å². The summed E-state index contributed by atoms with van der Waals surface area (Å²) in [5, 5.41) is 4.36. The van der Waals surface area contributed by atoms with Crippen LogP contribution in [0.5, 0.6) is 0 Å². The third-order valence-electron chi connectivity index (χ3n) is 3.12. The molecule has 1 unspecified atom stereocenters. The van der Waals surface area contributed by atoms with Gasteiger partial charge in [-0.05, 0) is 32.0 Å². The van der Waals surface area contributed by atoms with E-state index in [1.54, 1.807) is 0 Å². The van der Waals surface area contributed by atoms with E-state index in [9.17, 15) is 13.2 Å². The molecule has 0 aliphatic heterocycles. The molecule has 2 rings (SSSR count). The van der Waals surface area contributed by atoms with E-state index in [-0.39, 0.29) is 6.04 Å². The Labute approximate surface area is 120 Å². The highest BCUT2D eigenvalue weighted by Crippen LogP contribution is 2.29. The van der Waals surface area contributed by atoms with Gasteiger partial charge in [0, 0.05) is 24.9 Å². The molecule has 2 N–H and O–H groups in total. The maximum Gasteiger partial charge on any atom is 0.417 e. The predicted octanol–water partition coefficient (Wildman–Crippen LogP) is 3.12. The van der Waals surface area contributed by atoms with Crippen molar-refractivity contribution in [1.82, 2.24) is 14.8 Å². The van der Waals surface area contributed by atoms with E-state index in [0.717, 1.165) is 18.0 Å². The second-order valence-electron chi connectivity index (χ2n) is 5.16. The molecule has 0 fully saturated rings. The van der Waals surface area contributed by atoms with Crippen LogP contribution in [0.25, 0.3) is 0 Å². The normalized spacial score (nSPS) is 13.7. The summed E-state index contributed by atoms with van der Waals surface area (Å²) < 4.78 is 39.2. The number of hydrogen-bond acceptors (Lipinski definition) is 3. The minimum atomic E-state index is -4.38. The maximum atomic E-state index is 12.5. The summed E-state index contributed by atoms with van der Waals surface area (Å²) in [6, 6.07) is 3.92. The Balaban J connectivity index is 2.07.